The number of benzene rings is 1. The maximum atomic E-state index is 13.7. The standard InChI is InChI=1S/C13H13ClF2N2/c1-2-7-3-10(7)18-11-5-8(15)4-9(16)13(11)17-12(18)6-14/h4-5,7,10H,2-3,6H2,1H3. The van der Waals surface area contributed by atoms with E-state index < -0.39 is 11.6 Å². The predicted molar refractivity (Wildman–Crippen MR) is 66.6 cm³/mol. The number of fused-ring (bicyclic) bond motifs is 1. The predicted octanol–water partition coefficient (Wildman–Crippen LogP) is 4.02. The number of rotatable bonds is 3. The molecule has 2 atom stereocenters. The molecule has 96 valence electrons. The zero-order valence-electron chi connectivity index (χ0n) is 9.96. The maximum Gasteiger partial charge on any atom is 0.153 e. The molecule has 1 fully saturated rings. The highest BCUT2D eigenvalue weighted by Gasteiger charge is 2.39. The van der Waals surface area contributed by atoms with Gasteiger partial charge in [0, 0.05) is 12.1 Å². The van der Waals surface area contributed by atoms with Crippen LogP contribution in [0.25, 0.3) is 11.0 Å². The van der Waals surface area contributed by atoms with E-state index in [1.807, 2.05) is 4.57 Å². The van der Waals surface area contributed by atoms with E-state index in [4.69, 9.17) is 11.6 Å². The summed E-state index contributed by atoms with van der Waals surface area (Å²) >= 11 is 5.86. The lowest BCUT2D eigenvalue weighted by Gasteiger charge is -2.06. The van der Waals surface area contributed by atoms with Gasteiger partial charge in [0.1, 0.15) is 17.2 Å². The second-order valence-electron chi connectivity index (χ2n) is 4.76. The lowest BCUT2D eigenvalue weighted by atomic mass is 10.2. The summed E-state index contributed by atoms with van der Waals surface area (Å²) in [5.74, 6) is 0.204. The molecule has 1 heterocycles. The Morgan fingerprint density at radius 2 is 2.22 bits per heavy atom. The first-order valence-electron chi connectivity index (χ1n) is 6.07. The van der Waals surface area contributed by atoms with Crippen molar-refractivity contribution < 1.29 is 8.78 Å². The first kappa shape index (κ1) is 11.9. The molecule has 1 aliphatic carbocycles. The molecule has 0 aliphatic heterocycles. The Morgan fingerprint density at radius 1 is 1.44 bits per heavy atom. The Morgan fingerprint density at radius 3 is 2.83 bits per heavy atom. The van der Waals surface area contributed by atoms with Crippen molar-refractivity contribution >= 4 is 22.6 Å². The highest BCUT2D eigenvalue weighted by atomic mass is 35.5. The molecule has 1 aromatic heterocycles. The van der Waals surface area contributed by atoms with Crippen LogP contribution in [0.5, 0.6) is 0 Å². The van der Waals surface area contributed by atoms with Gasteiger partial charge in [-0.05, 0) is 18.4 Å². The van der Waals surface area contributed by atoms with Gasteiger partial charge in [0.05, 0.1) is 11.4 Å². The Labute approximate surface area is 109 Å². The Hall–Kier alpha value is -1.16. The molecule has 18 heavy (non-hydrogen) atoms. The zero-order chi connectivity index (χ0) is 12.9. The van der Waals surface area contributed by atoms with E-state index in [0.717, 1.165) is 18.9 Å². The largest absolute Gasteiger partial charge is 0.323 e. The summed E-state index contributed by atoms with van der Waals surface area (Å²) in [4.78, 5) is 4.19. The van der Waals surface area contributed by atoms with E-state index in [2.05, 4.69) is 11.9 Å². The van der Waals surface area contributed by atoms with E-state index in [-0.39, 0.29) is 17.4 Å². The number of imidazole rings is 1. The van der Waals surface area contributed by atoms with Gasteiger partial charge in [-0.2, -0.15) is 0 Å². The molecule has 2 nitrogen and oxygen atoms in total. The molecule has 0 bridgehead atoms. The smallest absolute Gasteiger partial charge is 0.153 e. The summed E-state index contributed by atoms with van der Waals surface area (Å²) in [5.41, 5.74) is 0.734. The average molecular weight is 271 g/mol. The van der Waals surface area contributed by atoms with Crippen LogP contribution >= 0.6 is 11.6 Å². The van der Waals surface area contributed by atoms with Crippen molar-refractivity contribution in [3.05, 3.63) is 29.6 Å². The summed E-state index contributed by atoms with van der Waals surface area (Å²) in [6, 6.07) is 2.49. The van der Waals surface area contributed by atoms with Gasteiger partial charge in [-0.1, -0.05) is 13.3 Å². The molecular weight excluding hydrogens is 258 g/mol. The molecule has 2 unspecified atom stereocenters. The zero-order valence-corrected chi connectivity index (χ0v) is 10.7. The first-order chi connectivity index (χ1) is 8.65. The van der Waals surface area contributed by atoms with Crippen LogP contribution in [0, 0.1) is 17.6 Å². The maximum absolute atomic E-state index is 13.7. The van der Waals surface area contributed by atoms with Gasteiger partial charge in [0.25, 0.3) is 0 Å². The quantitative estimate of drug-likeness (QED) is 0.770. The normalized spacial score (nSPS) is 22.7. The molecule has 1 aromatic carbocycles. The van der Waals surface area contributed by atoms with Crippen LogP contribution in [0.15, 0.2) is 12.1 Å². The van der Waals surface area contributed by atoms with Crippen LogP contribution in [0.2, 0.25) is 0 Å². The number of aromatic nitrogens is 2. The molecule has 5 heteroatoms. The van der Waals surface area contributed by atoms with Crippen LogP contribution in [-0.4, -0.2) is 9.55 Å². The molecular formula is C13H13ClF2N2. The summed E-state index contributed by atoms with van der Waals surface area (Å²) < 4.78 is 28.9. The van der Waals surface area contributed by atoms with E-state index in [1.54, 1.807) is 0 Å². The summed E-state index contributed by atoms with van der Waals surface area (Å²) in [6.45, 7) is 2.12. The van der Waals surface area contributed by atoms with E-state index >= 15 is 0 Å². The third-order valence-electron chi connectivity index (χ3n) is 3.65. The van der Waals surface area contributed by atoms with Crippen LogP contribution in [0.1, 0.15) is 31.6 Å². The minimum absolute atomic E-state index is 0.211. The van der Waals surface area contributed by atoms with Crippen molar-refractivity contribution in [1.82, 2.24) is 9.55 Å². The highest BCUT2D eigenvalue weighted by molar-refractivity contribution is 6.16. The van der Waals surface area contributed by atoms with Gasteiger partial charge in [0.2, 0.25) is 0 Å². The van der Waals surface area contributed by atoms with Crippen molar-refractivity contribution in [3.8, 4) is 0 Å². The lowest BCUT2D eigenvalue weighted by Crippen LogP contribution is -2.01. The van der Waals surface area contributed by atoms with Crippen LogP contribution < -0.4 is 0 Å². The molecule has 0 saturated heterocycles. The minimum atomic E-state index is -0.621. The van der Waals surface area contributed by atoms with Gasteiger partial charge in [-0.15, -0.1) is 11.6 Å². The van der Waals surface area contributed by atoms with Gasteiger partial charge in [0.15, 0.2) is 5.82 Å². The molecule has 1 saturated carbocycles. The molecule has 0 radical (unpaired) electrons. The van der Waals surface area contributed by atoms with Crippen LogP contribution in [0.3, 0.4) is 0 Å². The molecule has 0 spiro atoms. The second kappa shape index (κ2) is 4.19. The molecule has 3 rings (SSSR count). The number of nitrogens with zero attached hydrogens (tertiary/aromatic N) is 2. The number of hydrogen-bond donors (Lipinski definition) is 0. The van der Waals surface area contributed by atoms with Crippen molar-refractivity contribution in [1.29, 1.82) is 0 Å². The highest BCUT2D eigenvalue weighted by Crippen LogP contribution is 2.47. The van der Waals surface area contributed by atoms with E-state index in [9.17, 15) is 8.78 Å². The SMILES string of the molecule is CCC1CC1n1c(CCl)nc2c(F)cc(F)cc21. The van der Waals surface area contributed by atoms with Gasteiger partial charge in [-0.25, -0.2) is 13.8 Å². The Balaban J connectivity index is 2.21. The van der Waals surface area contributed by atoms with E-state index in [0.29, 0.717) is 17.3 Å². The van der Waals surface area contributed by atoms with Gasteiger partial charge < -0.3 is 4.57 Å². The fourth-order valence-electron chi connectivity index (χ4n) is 2.62. The number of alkyl halides is 1. The van der Waals surface area contributed by atoms with Crippen LogP contribution in [0.4, 0.5) is 8.78 Å². The summed E-state index contributed by atoms with van der Waals surface area (Å²) in [7, 11) is 0. The summed E-state index contributed by atoms with van der Waals surface area (Å²) in [6.07, 6.45) is 2.09. The first-order valence-corrected chi connectivity index (χ1v) is 6.61. The summed E-state index contributed by atoms with van der Waals surface area (Å²) in [5, 5.41) is 0. The lowest BCUT2D eigenvalue weighted by molar-refractivity contribution is 0.589. The third-order valence-corrected chi connectivity index (χ3v) is 3.89. The van der Waals surface area contributed by atoms with Crippen molar-refractivity contribution in [3.63, 3.8) is 0 Å². The second-order valence-corrected chi connectivity index (χ2v) is 5.03. The van der Waals surface area contributed by atoms with Crippen LogP contribution in [-0.2, 0) is 5.88 Å². The minimum Gasteiger partial charge on any atom is -0.323 e. The monoisotopic (exact) mass is 270 g/mol. The average Bonchev–Trinajstić information content (AvgIpc) is 3.02. The van der Waals surface area contributed by atoms with Gasteiger partial charge in [-0.3, -0.25) is 0 Å². The Kier molecular flexibility index (Phi) is 2.77. The van der Waals surface area contributed by atoms with Crippen molar-refractivity contribution in [2.45, 2.75) is 31.7 Å². The molecule has 0 N–H and O–H groups in total. The number of halogens is 3. The molecule has 2 aromatic rings. The van der Waals surface area contributed by atoms with Gasteiger partial charge >= 0.3 is 0 Å². The van der Waals surface area contributed by atoms with Crippen molar-refractivity contribution in [2.24, 2.45) is 5.92 Å². The fraction of sp³-hybridized carbons (Fsp3) is 0.462. The van der Waals surface area contributed by atoms with Crippen molar-refractivity contribution in [2.75, 3.05) is 0 Å². The third kappa shape index (κ3) is 1.70. The molecule has 1 aliphatic rings. The topological polar surface area (TPSA) is 17.8 Å². The Bertz CT molecular complexity index is 609. The fourth-order valence-corrected chi connectivity index (χ4v) is 2.81. The number of hydrogen-bond acceptors (Lipinski definition) is 1. The molecule has 0 amide bonds. The van der Waals surface area contributed by atoms with E-state index in [1.165, 1.54) is 6.07 Å².